The molecule has 0 aromatic heterocycles. The van der Waals surface area contributed by atoms with Gasteiger partial charge in [0.05, 0.1) is 21.6 Å². The fourth-order valence-corrected chi connectivity index (χ4v) is 2.03. The van der Waals surface area contributed by atoms with Gasteiger partial charge in [0.25, 0.3) is 0 Å². The van der Waals surface area contributed by atoms with E-state index in [1.54, 1.807) is 6.92 Å². The maximum Gasteiger partial charge on any atom is 0.234 e. The third kappa shape index (κ3) is 3.62. The third-order valence-electron chi connectivity index (χ3n) is 2.08. The van der Waals surface area contributed by atoms with Crippen molar-refractivity contribution in [2.24, 2.45) is 11.7 Å². The number of thiocarbonyl (C=S) groups is 1. The Bertz CT molecular complexity index is 460. The summed E-state index contributed by atoms with van der Waals surface area (Å²) in [7, 11) is 0. The Morgan fingerprint density at radius 1 is 1.65 bits per heavy atom. The highest BCUT2D eigenvalue weighted by molar-refractivity contribution is 9.10. The average molecular weight is 340 g/mol. The smallest absolute Gasteiger partial charge is 0.234 e. The predicted octanol–water partition coefficient (Wildman–Crippen LogP) is 3.10. The molecule has 92 valence electrons. The van der Waals surface area contributed by atoms with Crippen LogP contribution in [0, 0.1) is 11.7 Å². The number of rotatable bonds is 3. The molecule has 1 aromatic rings. The number of nitrogens with one attached hydrogen (secondary N) is 1. The molecule has 0 radical (unpaired) electrons. The van der Waals surface area contributed by atoms with Gasteiger partial charge in [0, 0.05) is 4.47 Å². The number of benzene rings is 1. The first-order chi connectivity index (χ1) is 7.82. The highest BCUT2D eigenvalue weighted by atomic mass is 79.9. The van der Waals surface area contributed by atoms with Crippen molar-refractivity contribution in [2.45, 2.75) is 6.92 Å². The molecule has 1 atom stereocenters. The molecular formula is C10H9BrClFN2OS. The van der Waals surface area contributed by atoms with Crippen molar-refractivity contribution in [1.82, 2.24) is 0 Å². The lowest BCUT2D eigenvalue weighted by Crippen LogP contribution is -2.31. The lowest BCUT2D eigenvalue weighted by atomic mass is 10.1. The van der Waals surface area contributed by atoms with Crippen molar-refractivity contribution >= 4 is 56.3 Å². The third-order valence-corrected chi connectivity index (χ3v) is 3.35. The number of hydrogen-bond acceptors (Lipinski definition) is 2. The van der Waals surface area contributed by atoms with Crippen LogP contribution >= 0.6 is 39.7 Å². The first-order valence-electron chi connectivity index (χ1n) is 4.57. The first-order valence-corrected chi connectivity index (χ1v) is 6.15. The molecule has 0 fully saturated rings. The second-order valence-corrected chi connectivity index (χ2v) is 5.09. The minimum Gasteiger partial charge on any atom is -0.393 e. The van der Waals surface area contributed by atoms with E-state index >= 15 is 0 Å². The summed E-state index contributed by atoms with van der Waals surface area (Å²) in [4.78, 5) is 11.8. The van der Waals surface area contributed by atoms with Crippen LogP contribution in [0.3, 0.4) is 0 Å². The van der Waals surface area contributed by atoms with Crippen molar-refractivity contribution in [3.63, 3.8) is 0 Å². The molecule has 7 heteroatoms. The maximum atomic E-state index is 13.0. The SMILES string of the molecule is CC(C(=O)Nc1c(Cl)cc(F)cc1Br)C(N)=S. The van der Waals surface area contributed by atoms with Crippen LogP contribution in [-0.2, 0) is 4.79 Å². The molecule has 0 aliphatic carbocycles. The first kappa shape index (κ1) is 14.3. The second-order valence-electron chi connectivity index (χ2n) is 3.36. The maximum absolute atomic E-state index is 13.0. The Morgan fingerprint density at radius 3 is 2.71 bits per heavy atom. The topological polar surface area (TPSA) is 55.1 Å². The van der Waals surface area contributed by atoms with Crippen molar-refractivity contribution in [2.75, 3.05) is 5.32 Å². The molecule has 0 saturated heterocycles. The Hall–Kier alpha value is -0.720. The summed E-state index contributed by atoms with van der Waals surface area (Å²) < 4.78 is 13.3. The van der Waals surface area contributed by atoms with Crippen molar-refractivity contribution < 1.29 is 9.18 Å². The molecule has 3 N–H and O–H groups in total. The van der Waals surface area contributed by atoms with E-state index < -0.39 is 17.6 Å². The summed E-state index contributed by atoms with van der Waals surface area (Å²) in [5, 5.41) is 2.63. The number of carbonyl (C=O) groups excluding carboxylic acids is 1. The fourth-order valence-electron chi connectivity index (χ4n) is 1.02. The van der Waals surface area contributed by atoms with Gasteiger partial charge < -0.3 is 11.1 Å². The van der Waals surface area contributed by atoms with E-state index in [1.807, 2.05) is 0 Å². The minimum atomic E-state index is -0.627. The molecule has 0 bridgehead atoms. The summed E-state index contributed by atoms with van der Waals surface area (Å²) in [5.74, 6) is -1.52. The van der Waals surface area contributed by atoms with E-state index in [-0.39, 0.29) is 10.0 Å². The summed E-state index contributed by atoms with van der Waals surface area (Å²) >= 11 is 13.6. The second kappa shape index (κ2) is 5.75. The van der Waals surface area contributed by atoms with Crippen LogP contribution in [0.2, 0.25) is 5.02 Å². The minimum absolute atomic E-state index is 0.0804. The number of hydrogen-bond donors (Lipinski definition) is 2. The number of amides is 1. The van der Waals surface area contributed by atoms with Crippen LogP contribution < -0.4 is 11.1 Å². The van der Waals surface area contributed by atoms with E-state index in [2.05, 4.69) is 21.2 Å². The van der Waals surface area contributed by atoms with Gasteiger partial charge in [-0.15, -0.1) is 0 Å². The molecule has 3 nitrogen and oxygen atoms in total. The molecule has 0 heterocycles. The molecular weight excluding hydrogens is 331 g/mol. The zero-order valence-corrected chi connectivity index (χ0v) is 11.9. The zero-order chi connectivity index (χ0) is 13.2. The Morgan fingerprint density at radius 2 is 2.24 bits per heavy atom. The zero-order valence-electron chi connectivity index (χ0n) is 8.76. The molecule has 0 spiro atoms. The van der Waals surface area contributed by atoms with Crippen LogP contribution in [0.4, 0.5) is 10.1 Å². The molecule has 1 aromatic carbocycles. The quantitative estimate of drug-likeness (QED) is 0.832. The van der Waals surface area contributed by atoms with Gasteiger partial charge in [-0.25, -0.2) is 4.39 Å². The normalized spacial score (nSPS) is 12.0. The Balaban J connectivity index is 2.96. The van der Waals surface area contributed by atoms with Crippen LogP contribution in [0.15, 0.2) is 16.6 Å². The van der Waals surface area contributed by atoms with E-state index in [0.29, 0.717) is 10.2 Å². The summed E-state index contributed by atoms with van der Waals surface area (Å²) in [5.41, 5.74) is 5.65. The van der Waals surface area contributed by atoms with E-state index in [4.69, 9.17) is 29.6 Å². The van der Waals surface area contributed by atoms with Crippen LogP contribution in [0.1, 0.15) is 6.92 Å². The van der Waals surface area contributed by atoms with Gasteiger partial charge in [-0.3, -0.25) is 4.79 Å². The highest BCUT2D eigenvalue weighted by Crippen LogP contribution is 2.31. The molecule has 0 aliphatic heterocycles. The predicted molar refractivity (Wildman–Crippen MR) is 73.7 cm³/mol. The summed E-state index contributed by atoms with van der Waals surface area (Å²) in [6.45, 7) is 1.57. The summed E-state index contributed by atoms with van der Waals surface area (Å²) in [6.07, 6.45) is 0. The largest absolute Gasteiger partial charge is 0.393 e. The molecule has 0 saturated carbocycles. The van der Waals surface area contributed by atoms with Crippen LogP contribution in [0.25, 0.3) is 0 Å². The highest BCUT2D eigenvalue weighted by Gasteiger charge is 2.18. The van der Waals surface area contributed by atoms with E-state index in [1.165, 1.54) is 6.07 Å². The average Bonchev–Trinajstić information content (AvgIpc) is 2.21. The number of nitrogens with two attached hydrogens (primary N) is 1. The monoisotopic (exact) mass is 338 g/mol. The van der Waals surface area contributed by atoms with Gasteiger partial charge in [-0.2, -0.15) is 0 Å². The van der Waals surface area contributed by atoms with Gasteiger partial charge in [-0.1, -0.05) is 23.8 Å². The lowest BCUT2D eigenvalue weighted by molar-refractivity contribution is -0.117. The molecule has 0 aliphatic rings. The van der Waals surface area contributed by atoms with E-state index in [0.717, 1.165) is 6.07 Å². The standard InChI is InChI=1S/C10H9BrClFN2OS/c1-4(9(14)17)10(16)15-8-6(11)2-5(13)3-7(8)12/h2-4H,1H3,(H2,14,17)(H,15,16). The van der Waals surface area contributed by atoms with Gasteiger partial charge in [0.2, 0.25) is 5.91 Å². The number of carbonyl (C=O) groups is 1. The van der Waals surface area contributed by atoms with Crippen molar-refractivity contribution in [1.29, 1.82) is 0 Å². The molecule has 1 rings (SSSR count). The lowest BCUT2D eigenvalue weighted by Gasteiger charge is -2.13. The van der Waals surface area contributed by atoms with Crippen molar-refractivity contribution in [3.8, 4) is 0 Å². The van der Waals surface area contributed by atoms with E-state index in [9.17, 15) is 9.18 Å². The number of anilines is 1. The Kier molecular flexibility index (Phi) is 4.85. The van der Waals surface area contributed by atoms with Crippen LogP contribution in [-0.4, -0.2) is 10.9 Å². The van der Waals surface area contributed by atoms with Crippen molar-refractivity contribution in [3.05, 3.63) is 27.4 Å². The Labute approximate surface area is 117 Å². The fraction of sp³-hybridized carbons (Fsp3) is 0.200. The van der Waals surface area contributed by atoms with Gasteiger partial charge in [0.1, 0.15) is 5.82 Å². The molecule has 17 heavy (non-hydrogen) atoms. The molecule has 1 unspecified atom stereocenters. The van der Waals surface area contributed by atoms with Gasteiger partial charge in [-0.05, 0) is 35.0 Å². The summed E-state index contributed by atoms with van der Waals surface area (Å²) in [6, 6.07) is 2.31. The van der Waals surface area contributed by atoms with Crippen LogP contribution in [0.5, 0.6) is 0 Å². The molecule has 1 amide bonds. The van der Waals surface area contributed by atoms with Gasteiger partial charge >= 0.3 is 0 Å². The number of halogens is 3. The van der Waals surface area contributed by atoms with Gasteiger partial charge in [0.15, 0.2) is 0 Å².